The zero-order valence-electron chi connectivity index (χ0n) is 18.0. The van der Waals surface area contributed by atoms with Crippen molar-refractivity contribution in [3.8, 4) is 0 Å². The van der Waals surface area contributed by atoms with E-state index in [4.69, 9.17) is 4.98 Å². The molecule has 0 saturated heterocycles. The number of hydrogen-bond acceptors (Lipinski definition) is 4. The molecule has 5 rings (SSSR count). The summed E-state index contributed by atoms with van der Waals surface area (Å²) in [5.74, 6) is 0.868. The maximum absolute atomic E-state index is 13.5. The highest BCUT2D eigenvalue weighted by molar-refractivity contribution is 9.10. The minimum absolute atomic E-state index is 0.0208. The summed E-state index contributed by atoms with van der Waals surface area (Å²) in [5.41, 5.74) is 8.24. The summed E-state index contributed by atoms with van der Waals surface area (Å²) < 4.78 is 4.24. The lowest BCUT2D eigenvalue weighted by Crippen LogP contribution is -1.98. The van der Waals surface area contributed by atoms with Gasteiger partial charge < -0.3 is 0 Å². The topological polar surface area (TPSA) is 34.4 Å². The summed E-state index contributed by atoms with van der Waals surface area (Å²) in [6, 6.07) is 18.3. The SMILES string of the molecule is Cc1ccc(CSc2sc(C(=O)c3ccc(Br)cc3)c3nc4c(C)cc(C)cn4c23)cc1. The first-order valence-corrected chi connectivity index (χ1v) is 12.9. The number of carbonyl (C=O) groups is 1. The van der Waals surface area contributed by atoms with Gasteiger partial charge in [-0.3, -0.25) is 9.20 Å². The van der Waals surface area contributed by atoms with Crippen molar-refractivity contribution in [2.24, 2.45) is 0 Å². The second-order valence-electron chi connectivity index (χ2n) is 8.03. The molecule has 0 atom stereocenters. The monoisotopic (exact) mass is 520 g/mol. The number of aryl methyl sites for hydroxylation is 3. The molecular weight excluding hydrogens is 500 g/mol. The average Bonchev–Trinajstić information content (AvgIpc) is 3.32. The van der Waals surface area contributed by atoms with E-state index >= 15 is 0 Å². The van der Waals surface area contributed by atoms with Gasteiger partial charge in [0.1, 0.15) is 16.0 Å². The number of fused-ring (bicyclic) bond motifs is 3. The van der Waals surface area contributed by atoms with E-state index in [-0.39, 0.29) is 5.78 Å². The van der Waals surface area contributed by atoms with Crippen molar-refractivity contribution in [2.75, 3.05) is 0 Å². The van der Waals surface area contributed by atoms with Crippen molar-refractivity contribution >= 4 is 61.5 Å². The number of ketones is 1. The Hall–Kier alpha value is -2.41. The standard InChI is InChI=1S/C26H21BrN2OS2/c1-15-4-6-18(7-5-15)14-31-26-22-21(28-25-17(3)12-16(2)13-29(22)25)24(32-26)23(30)19-8-10-20(27)11-9-19/h4-13H,14H2,1-3H3. The molecule has 0 amide bonds. The Bertz CT molecular complexity index is 1460. The minimum Gasteiger partial charge on any atom is -0.297 e. The third kappa shape index (κ3) is 3.91. The van der Waals surface area contributed by atoms with Crippen molar-refractivity contribution < 1.29 is 4.79 Å². The van der Waals surface area contributed by atoms with Crippen molar-refractivity contribution in [1.29, 1.82) is 0 Å². The van der Waals surface area contributed by atoms with Crippen LogP contribution in [-0.4, -0.2) is 15.2 Å². The normalized spacial score (nSPS) is 11.5. The van der Waals surface area contributed by atoms with E-state index in [9.17, 15) is 4.79 Å². The van der Waals surface area contributed by atoms with Crippen LogP contribution >= 0.6 is 39.0 Å². The summed E-state index contributed by atoms with van der Waals surface area (Å²) in [4.78, 5) is 19.1. The summed E-state index contributed by atoms with van der Waals surface area (Å²) in [6.45, 7) is 6.27. The number of nitrogens with zero attached hydrogens (tertiary/aromatic N) is 2. The zero-order chi connectivity index (χ0) is 22.4. The summed E-state index contributed by atoms with van der Waals surface area (Å²) in [6.07, 6.45) is 2.12. The molecule has 0 saturated carbocycles. The van der Waals surface area contributed by atoms with Gasteiger partial charge in [0.15, 0.2) is 0 Å². The molecule has 0 spiro atoms. The van der Waals surface area contributed by atoms with Gasteiger partial charge in [0.25, 0.3) is 0 Å². The average molecular weight is 522 g/mol. The zero-order valence-corrected chi connectivity index (χ0v) is 21.2. The summed E-state index contributed by atoms with van der Waals surface area (Å²) in [5, 5.41) is 0. The Kier molecular flexibility index (Phi) is 5.70. The van der Waals surface area contributed by atoms with Crippen LogP contribution in [0.2, 0.25) is 0 Å². The van der Waals surface area contributed by atoms with Crippen LogP contribution in [0.3, 0.4) is 0 Å². The van der Waals surface area contributed by atoms with Crippen molar-refractivity contribution in [3.05, 3.63) is 98.0 Å². The Morgan fingerprint density at radius 3 is 2.47 bits per heavy atom. The van der Waals surface area contributed by atoms with Crippen LogP contribution < -0.4 is 0 Å². The number of benzene rings is 2. The second-order valence-corrected chi connectivity index (χ2v) is 11.2. The molecule has 6 heteroatoms. The van der Waals surface area contributed by atoms with Gasteiger partial charge in [-0.25, -0.2) is 4.98 Å². The number of halogens is 1. The third-order valence-corrected chi connectivity index (χ3v) is 8.47. The van der Waals surface area contributed by atoms with Gasteiger partial charge in [0.2, 0.25) is 5.78 Å². The molecule has 32 heavy (non-hydrogen) atoms. The second kappa shape index (κ2) is 8.50. The fourth-order valence-electron chi connectivity index (χ4n) is 3.84. The molecule has 0 N–H and O–H groups in total. The van der Waals surface area contributed by atoms with Crippen LogP contribution in [0.4, 0.5) is 0 Å². The van der Waals surface area contributed by atoms with E-state index in [1.165, 1.54) is 16.7 Å². The number of imidazole rings is 1. The molecule has 0 aliphatic carbocycles. The fraction of sp³-hybridized carbons (Fsp3) is 0.154. The van der Waals surface area contributed by atoms with Crippen molar-refractivity contribution in [2.45, 2.75) is 30.7 Å². The summed E-state index contributed by atoms with van der Waals surface area (Å²) >= 11 is 6.78. The molecule has 3 aromatic heterocycles. The highest BCUT2D eigenvalue weighted by Crippen LogP contribution is 2.41. The molecule has 0 bridgehead atoms. The van der Waals surface area contributed by atoms with Crippen molar-refractivity contribution in [3.63, 3.8) is 0 Å². The van der Waals surface area contributed by atoms with Gasteiger partial charge in [-0.1, -0.05) is 51.8 Å². The van der Waals surface area contributed by atoms with E-state index in [0.29, 0.717) is 10.4 Å². The number of carbonyl (C=O) groups excluding carboxylic acids is 1. The lowest BCUT2D eigenvalue weighted by molar-refractivity contribution is 0.104. The minimum atomic E-state index is 0.0208. The molecule has 0 radical (unpaired) electrons. The fourth-order valence-corrected chi connectivity index (χ4v) is 6.52. The Balaban J connectivity index is 1.65. The first kappa shape index (κ1) is 21.4. The smallest absolute Gasteiger partial charge is 0.205 e. The van der Waals surface area contributed by atoms with Gasteiger partial charge in [-0.15, -0.1) is 23.1 Å². The predicted molar refractivity (Wildman–Crippen MR) is 138 cm³/mol. The highest BCUT2D eigenvalue weighted by atomic mass is 79.9. The number of rotatable bonds is 5. The molecule has 3 heterocycles. The number of thiophene rings is 1. The number of pyridine rings is 1. The van der Waals surface area contributed by atoms with Gasteiger partial charge in [-0.2, -0.15) is 0 Å². The highest BCUT2D eigenvalue weighted by Gasteiger charge is 2.24. The first-order chi connectivity index (χ1) is 15.4. The van der Waals surface area contributed by atoms with E-state index in [1.54, 1.807) is 23.1 Å². The quantitative estimate of drug-likeness (QED) is 0.175. The largest absolute Gasteiger partial charge is 0.297 e. The van der Waals surface area contributed by atoms with E-state index in [2.05, 4.69) is 77.6 Å². The molecule has 0 fully saturated rings. The van der Waals surface area contributed by atoms with Gasteiger partial charge in [-0.05, 0) is 61.7 Å². The van der Waals surface area contributed by atoms with Crippen LogP contribution in [0.15, 0.2) is 69.5 Å². The van der Waals surface area contributed by atoms with Crippen molar-refractivity contribution in [1.82, 2.24) is 9.38 Å². The third-order valence-electron chi connectivity index (χ3n) is 5.45. The Morgan fingerprint density at radius 2 is 1.75 bits per heavy atom. The lowest BCUT2D eigenvalue weighted by Gasteiger charge is -2.04. The van der Waals surface area contributed by atoms with E-state index in [0.717, 1.165) is 36.7 Å². The molecule has 160 valence electrons. The van der Waals surface area contributed by atoms with Crippen LogP contribution in [0.25, 0.3) is 16.7 Å². The molecule has 5 aromatic rings. The lowest BCUT2D eigenvalue weighted by atomic mass is 10.1. The van der Waals surface area contributed by atoms with Crippen LogP contribution in [0.5, 0.6) is 0 Å². The molecular formula is C26H21BrN2OS2. The maximum atomic E-state index is 13.5. The molecule has 0 aliphatic heterocycles. The van der Waals surface area contributed by atoms with Gasteiger partial charge in [0, 0.05) is 22.0 Å². The molecule has 0 aliphatic rings. The number of aromatic nitrogens is 2. The van der Waals surface area contributed by atoms with Crippen LogP contribution in [0.1, 0.15) is 37.5 Å². The summed E-state index contributed by atoms with van der Waals surface area (Å²) in [7, 11) is 0. The Labute approximate surface area is 203 Å². The maximum Gasteiger partial charge on any atom is 0.205 e. The van der Waals surface area contributed by atoms with Gasteiger partial charge in [0.05, 0.1) is 9.73 Å². The Morgan fingerprint density at radius 1 is 1.03 bits per heavy atom. The van der Waals surface area contributed by atoms with Crippen LogP contribution in [0, 0.1) is 20.8 Å². The first-order valence-electron chi connectivity index (χ1n) is 10.3. The van der Waals surface area contributed by atoms with Gasteiger partial charge >= 0.3 is 0 Å². The molecule has 2 aromatic carbocycles. The van der Waals surface area contributed by atoms with Crippen LogP contribution in [-0.2, 0) is 5.75 Å². The number of hydrogen-bond donors (Lipinski definition) is 0. The van der Waals surface area contributed by atoms with E-state index in [1.807, 2.05) is 24.3 Å². The number of thioether (sulfide) groups is 1. The molecule has 3 nitrogen and oxygen atoms in total. The van der Waals surface area contributed by atoms with E-state index < -0.39 is 0 Å². The predicted octanol–water partition coefficient (Wildman–Crippen LogP) is 7.76. The molecule has 0 unspecified atom stereocenters.